The Labute approximate surface area is 146 Å². The van der Waals surface area contributed by atoms with Gasteiger partial charge < -0.3 is 4.74 Å². The van der Waals surface area contributed by atoms with Gasteiger partial charge in [-0.15, -0.1) is 0 Å². The molecule has 0 spiro atoms. The van der Waals surface area contributed by atoms with E-state index >= 15 is 0 Å². The van der Waals surface area contributed by atoms with Crippen molar-refractivity contribution in [2.45, 2.75) is 31.2 Å². The van der Waals surface area contributed by atoms with E-state index in [0.29, 0.717) is 28.7 Å². The number of hydrogen-bond donors (Lipinski definition) is 1. The number of methoxy groups -OCH3 is 1. The van der Waals surface area contributed by atoms with Crippen LogP contribution in [0.4, 0.5) is 0 Å². The Morgan fingerprint density at radius 2 is 2.17 bits per heavy atom. The number of hydrogen-bond acceptors (Lipinski definition) is 5. The highest BCUT2D eigenvalue weighted by Gasteiger charge is 2.42. The molecule has 0 bridgehead atoms. The number of nitrogens with zero attached hydrogens (tertiary/aromatic N) is 3. The summed E-state index contributed by atoms with van der Waals surface area (Å²) in [6, 6.07) is 6.51. The molecule has 7 nitrogen and oxygen atoms in total. The standard InChI is InChI=1S/C15H19ClN4O3S/c1-10-17-15(19-18-10)14-7-12(23-2)8-20(14)24(21,22)9-11-5-3-4-6-13(11)16/h3-6,12,14H,7-9H2,1-2H3,(H,17,18,19)/t12-,14-/m0/s1. The molecule has 1 N–H and O–H groups in total. The molecule has 2 heterocycles. The van der Waals surface area contributed by atoms with E-state index < -0.39 is 16.1 Å². The largest absolute Gasteiger partial charge is 0.380 e. The third-order valence-corrected chi connectivity index (χ3v) is 6.28. The third-order valence-electron chi connectivity index (χ3n) is 4.12. The Morgan fingerprint density at radius 3 is 2.79 bits per heavy atom. The van der Waals surface area contributed by atoms with Crippen LogP contribution in [0, 0.1) is 6.92 Å². The maximum Gasteiger partial charge on any atom is 0.219 e. The molecule has 2 aromatic rings. The molecule has 0 amide bonds. The molecule has 1 aromatic carbocycles. The van der Waals surface area contributed by atoms with E-state index in [0.717, 1.165) is 0 Å². The lowest BCUT2D eigenvalue weighted by Crippen LogP contribution is -2.33. The molecule has 9 heteroatoms. The van der Waals surface area contributed by atoms with E-state index in [1.165, 1.54) is 4.31 Å². The average Bonchev–Trinajstić information content (AvgIpc) is 3.15. The zero-order chi connectivity index (χ0) is 17.3. The Kier molecular flexibility index (Phi) is 4.91. The number of nitrogens with one attached hydrogen (secondary N) is 1. The summed E-state index contributed by atoms with van der Waals surface area (Å²) in [5, 5.41) is 7.33. The summed E-state index contributed by atoms with van der Waals surface area (Å²) < 4.78 is 32.7. The van der Waals surface area contributed by atoms with Crippen LogP contribution >= 0.6 is 11.6 Å². The second-order valence-electron chi connectivity index (χ2n) is 5.81. The Morgan fingerprint density at radius 1 is 1.42 bits per heavy atom. The van der Waals surface area contributed by atoms with Gasteiger partial charge in [-0.3, -0.25) is 5.10 Å². The number of ether oxygens (including phenoxy) is 1. The highest BCUT2D eigenvalue weighted by atomic mass is 35.5. The average molecular weight is 371 g/mol. The summed E-state index contributed by atoms with van der Waals surface area (Å²) in [4.78, 5) is 4.30. The lowest BCUT2D eigenvalue weighted by molar-refractivity contribution is 0.114. The van der Waals surface area contributed by atoms with Gasteiger partial charge >= 0.3 is 0 Å². The zero-order valence-electron chi connectivity index (χ0n) is 13.4. The Balaban J connectivity index is 1.90. The molecule has 2 atom stereocenters. The normalized spacial score (nSPS) is 22.1. The quantitative estimate of drug-likeness (QED) is 0.870. The Bertz CT molecular complexity index is 824. The smallest absolute Gasteiger partial charge is 0.219 e. The van der Waals surface area contributed by atoms with Gasteiger partial charge in [-0.2, -0.15) is 9.40 Å². The highest BCUT2D eigenvalue weighted by Crippen LogP contribution is 2.35. The number of rotatable bonds is 5. The summed E-state index contributed by atoms with van der Waals surface area (Å²) in [5.41, 5.74) is 0.574. The minimum Gasteiger partial charge on any atom is -0.380 e. The Hall–Kier alpha value is -1.48. The van der Waals surface area contributed by atoms with Gasteiger partial charge in [0.2, 0.25) is 10.0 Å². The maximum atomic E-state index is 13.0. The molecule has 0 unspecified atom stereocenters. The second kappa shape index (κ2) is 6.79. The molecular formula is C15H19ClN4O3S. The van der Waals surface area contributed by atoms with Crippen molar-refractivity contribution in [2.24, 2.45) is 0 Å². The van der Waals surface area contributed by atoms with Crippen molar-refractivity contribution in [1.82, 2.24) is 19.5 Å². The number of aryl methyl sites for hydroxylation is 1. The minimum atomic E-state index is -3.59. The van der Waals surface area contributed by atoms with Crippen LogP contribution in [0.25, 0.3) is 0 Å². The van der Waals surface area contributed by atoms with E-state index in [9.17, 15) is 8.42 Å². The molecule has 130 valence electrons. The third kappa shape index (κ3) is 3.46. The lowest BCUT2D eigenvalue weighted by Gasteiger charge is -2.22. The molecule has 1 saturated heterocycles. The van der Waals surface area contributed by atoms with E-state index in [-0.39, 0.29) is 18.4 Å². The fourth-order valence-electron chi connectivity index (χ4n) is 2.89. The molecule has 1 aliphatic heterocycles. The zero-order valence-corrected chi connectivity index (χ0v) is 15.0. The number of sulfonamides is 1. The first-order valence-electron chi connectivity index (χ1n) is 7.55. The monoisotopic (exact) mass is 370 g/mol. The number of benzene rings is 1. The first kappa shape index (κ1) is 17.3. The van der Waals surface area contributed by atoms with Crippen LogP contribution in [-0.2, 0) is 20.5 Å². The molecule has 1 aromatic heterocycles. The van der Waals surface area contributed by atoms with Gasteiger partial charge in [-0.1, -0.05) is 29.8 Å². The molecular weight excluding hydrogens is 352 g/mol. The van der Waals surface area contributed by atoms with E-state index in [2.05, 4.69) is 15.2 Å². The summed E-state index contributed by atoms with van der Waals surface area (Å²) in [7, 11) is -2.01. The summed E-state index contributed by atoms with van der Waals surface area (Å²) in [6.07, 6.45) is 0.338. The molecule has 0 aliphatic carbocycles. The van der Waals surface area contributed by atoms with E-state index in [4.69, 9.17) is 16.3 Å². The first-order chi connectivity index (χ1) is 11.4. The van der Waals surface area contributed by atoms with Gasteiger partial charge in [-0.05, 0) is 25.0 Å². The van der Waals surface area contributed by atoms with E-state index in [1.807, 2.05) is 0 Å². The van der Waals surface area contributed by atoms with E-state index in [1.54, 1.807) is 38.3 Å². The van der Waals surface area contributed by atoms with Crippen LogP contribution in [0.3, 0.4) is 0 Å². The van der Waals surface area contributed by atoms with Crippen molar-refractivity contribution in [1.29, 1.82) is 0 Å². The van der Waals surface area contributed by atoms with Crippen molar-refractivity contribution in [3.8, 4) is 0 Å². The van der Waals surface area contributed by atoms with Crippen LogP contribution in [0.5, 0.6) is 0 Å². The predicted molar refractivity (Wildman–Crippen MR) is 90.1 cm³/mol. The predicted octanol–water partition coefficient (Wildman–Crippen LogP) is 2.06. The van der Waals surface area contributed by atoms with Crippen molar-refractivity contribution in [2.75, 3.05) is 13.7 Å². The van der Waals surface area contributed by atoms with Crippen LogP contribution in [0.2, 0.25) is 5.02 Å². The van der Waals surface area contributed by atoms with Gasteiger partial charge in [0.1, 0.15) is 5.82 Å². The molecule has 0 saturated carbocycles. The molecule has 1 aliphatic rings. The van der Waals surface area contributed by atoms with Crippen LogP contribution < -0.4 is 0 Å². The summed E-state index contributed by atoms with van der Waals surface area (Å²) in [5.74, 6) is 0.951. The lowest BCUT2D eigenvalue weighted by atomic mass is 10.2. The molecule has 3 rings (SSSR count). The van der Waals surface area contributed by atoms with Crippen LogP contribution in [0.1, 0.15) is 29.7 Å². The molecule has 24 heavy (non-hydrogen) atoms. The van der Waals surface area contributed by atoms with Crippen molar-refractivity contribution < 1.29 is 13.2 Å². The van der Waals surface area contributed by atoms with Crippen LogP contribution in [-0.4, -0.2) is 47.7 Å². The number of H-pyrrole nitrogens is 1. The number of aromatic nitrogens is 3. The van der Waals surface area contributed by atoms with Gasteiger partial charge in [0.05, 0.1) is 17.9 Å². The maximum absolute atomic E-state index is 13.0. The fraction of sp³-hybridized carbons (Fsp3) is 0.467. The minimum absolute atomic E-state index is 0.164. The van der Waals surface area contributed by atoms with Gasteiger partial charge in [0.15, 0.2) is 5.82 Å². The molecule has 0 radical (unpaired) electrons. The topological polar surface area (TPSA) is 88.2 Å². The van der Waals surface area contributed by atoms with Gasteiger partial charge in [-0.25, -0.2) is 13.4 Å². The summed E-state index contributed by atoms with van der Waals surface area (Å²) in [6.45, 7) is 2.06. The van der Waals surface area contributed by atoms with Crippen molar-refractivity contribution in [3.05, 3.63) is 46.5 Å². The first-order valence-corrected chi connectivity index (χ1v) is 9.54. The number of halogens is 1. The number of aromatic amines is 1. The van der Waals surface area contributed by atoms with Crippen LogP contribution in [0.15, 0.2) is 24.3 Å². The van der Waals surface area contributed by atoms with Gasteiger partial charge in [0, 0.05) is 18.7 Å². The van der Waals surface area contributed by atoms with Gasteiger partial charge in [0.25, 0.3) is 0 Å². The van der Waals surface area contributed by atoms with Crippen molar-refractivity contribution in [3.63, 3.8) is 0 Å². The van der Waals surface area contributed by atoms with Crippen molar-refractivity contribution >= 4 is 21.6 Å². The molecule has 1 fully saturated rings. The summed E-state index contributed by atoms with van der Waals surface area (Å²) >= 11 is 6.11. The SMILES string of the molecule is CO[C@H]1C[C@@H](c2n[nH]c(C)n2)N(S(=O)(=O)Cc2ccccc2Cl)C1. The fourth-order valence-corrected chi connectivity index (χ4v) is 4.94. The highest BCUT2D eigenvalue weighted by molar-refractivity contribution is 7.88. The second-order valence-corrected chi connectivity index (χ2v) is 8.13.